The Morgan fingerprint density at radius 2 is 1.79 bits per heavy atom. The molecule has 0 unspecified atom stereocenters. The Kier molecular flexibility index (Phi) is 5.14. The Morgan fingerprint density at radius 1 is 1.11 bits per heavy atom. The number of halogens is 1. The second kappa shape index (κ2) is 6.85. The predicted octanol–water partition coefficient (Wildman–Crippen LogP) is 3.94. The van der Waals surface area contributed by atoms with Crippen molar-refractivity contribution < 1.29 is 0 Å². The van der Waals surface area contributed by atoms with Crippen molar-refractivity contribution in [3.8, 4) is 0 Å². The van der Waals surface area contributed by atoms with Gasteiger partial charge in [-0.25, -0.2) is 9.97 Å². The summed E-state index contributed by atoms with van der Waals surface area (Å²) < 4.78 is 0. The van der Waals surface area contributed by atoms with Crippen molar-refractivity contribution in [2.45, 2.75) is 26.7 Å². The summed E-state index contributed by atoms with van der Waals surface area (Å²) in [6, 6.07) is 8.05. The first-order chi connectivity index (χ1) is 9.26. The van der Waals surface area contributed by atoms with Crippen LogP contribution in [0.2, 0.25) is 0 Å². The van der Waals surface area contributed by atoms with Gasteiger partial charge in [0.2, 0.25) is 0 Å². The summed E-state index contributed by atoms with van der Waals surface area (Å²) in [6.45, 7) is 6.26. The van der Waals surface area contributed by atoms with Crippen LogP contribution in [0.1, 0.15) is 25.5 Å². The van der Waals surface area contributed by atoms with E-state index in [1.807, 2.05) is 31.2 Å². The van der Waals surface area contributed by atoms with Crippen LogP contribution in [-0.2, 0) is 0 Å². The lowest BCUT2D eigenvalue weighted by molar-refractivity contribution is 0.724. The molecule has 0 radical (unpaired) electrons. The number of alkyl halides is 1. The minimum Gasteiger partial charge on any atom is -0.354 e. The van der Waals surface area contributed by atoms with Crippen molar-refractivity contribution >= 4 is 32.8 Å². The van der Waals surface area contributed by atoms with E-state index in [1.54, 1.807) is 0 Å². The van der Waals surface area contributed by atoms with Crippen LogP contribution >= 0.6 is 15.9 Å². The predicted molar refractivity (Wildman–Crippen MR) is 85.2 cm³/mol. The summed E-state index contributed by atoms with van der Waals surface area (Å²) >= 11 is 3.52. The summed E-state index contributed by atoms with van der Waals surface area (Å²) in [5, 5.41) is 0.949. The molecule has 0 atom stereocenters. The molecule has 0 N–H and O–H groups in total. The van der Waals surface area contributed by atoms with Gasteiger partial charge in [-0.05, 0) is 25.5 Å². The van der Waals surface area contributed by atoms with Gasteiger partial charge < -0.3 is 4.90 Å². The fourth-order valence-corrected chi connectivity index (χ4v) is 2.58. The number of fused-ring (bicyclic) bond motifs is 1. The summed E-state index contributed by atoms with van der Waals surface area (Å²) in [5.41, 5.74) is 2.95. The van der Waals surface area contributed by atoms with Crippen molar-refractivity contribution in [1.82, 2.24) is 9.97 Å². The third kappa shape index (κ3) is 3.44. The van der Waals surface area contributed by atoms with Crippen molar-refractivity contribution in [3.05, 3.63) is 30.0 Å². The van der Waals surface area contributed by atoms with E-state index < -0.39 is 0 Å². The molecule has 102 valence electrons. The molecule has 4 heteroatoms. The highest BCUT2D eigenvalue weighted by Gasteiger charge is 2.12. The van der Waals surface area contributed by atoms with Gasteiger partial charge in [-0.2, -0.15) is 0 Å². The summed E-state index contributed by atoms with van der Waals surface area (Å²) in [6.07, 6.45) is 2.37. The van der Waals surface area contributed by atoms with Crippen molar-refractivity contribution in [2.75, 3.05) is 23.3 Å². The standard InChI is InChI=1S/C15H20BrN3/c1-3-4-10-19(11-9-16)15-12(2)17-13-7-5-6-8-14(13)18-15/h5-8H,3-4,9-11H2,1-2H3. The van der Waals surface area contributed by atoms with Gasteiger partial charge in [-0.3, -0.25) is 0 Å². The fraction of sp³-hybridized carbons (Fsp3) is 0.467. The summed E-state index contributed by atoms with van der Waals surface area (Å²) in [5.74, 6) is 1.02. The normalized spacial score (nSPS) is 10.9. The van der Waals surface area contributed by atoms with E-state index in [9.17, 15) is 0 Å². The van der Waals surface area contributed by atoms with E-state index >= 15 is 0 Å². The zero-order chi connectivity index (χ0) is 13.7. The Balaban J connectivity index is 2.37. The van der Waals surface area contributed by atoms with Gasteiger partial charge in [0.15, 0.2) is 5.82 Å². The van der Waals surface area contributed by atoms with Crippen LogP contribution < -0.4 is 4.90 Å². The second-order valence-electron chi connectivity index (χ2n) is 4.65. The number of nitrogens with zero attached hydrogens (tertiary/aromatic N) is 3. The third-order valence-electron chi connectivity index (χ3n) is 3.16. The Labute approximate surface area is 123 Å². The molecule has 0 saturated heterocycles. The number of rotatable bonds is 6. The molecule has 19 heavy (non-hydrogen) atoms. The van der Waals surface area contributed by atoms with Crippen molar-refractivity contribution in [1.29, 1.82) is 0 Å². The zero-order valence-corrected chi connectivity index (χ0v) is 13.2. The van der Waals surface area contributed by atoms with Crippen molar-refractivity contribution in [2.24, 2.45) is 0 Å². The average Bonchev–Trinajstić information content (AvgIpc) is 2.43. The SMILES string of the molecule is CCCCN(CCBr)c1nc2ccccc2nc1C. The Morgan fingerprint density at radius 3 is 2.42 bits per heavy atom. The molecule has 0 saturated carbocycles. The summed E-state index contributed by atoms with van der Waals surface area (Å²) in [4.78, 5) is 11.8. The number of anilines is 1. The van der Waals surface area contributed by atoms with Gasteiger partial charge in [0, 0.05) is 18.4 Å². The first-order valence-electron chi connectivity index (χ1n) is 6.80. The van der Waals surface area contributed by atoms with Crippen molar-refractivity contribution in [3.63, 3.8) is 0 Å². The Hall–Kier alpha value is -1.16. The molecule has 0 aliphatic carbocycles. The van der Waals surface area contributed by atoms with Gasteiger partial charge in [0.1, 0.15) is 0 Å². The molecule has 1 aromatic carbocycles. The van der Waals surface area contributed by atoms with E-state index in [0.717, 1.165) is 41.0 Å². The molecular weight excluding hydrogens is 302 g/mol. The average molecular weight is 322 g/mol. The first-order valence-corrected chi connectivity index (χ1v) is 7.92. The van der Waals surface area contributed by atoms with Crippen LogP contribution in [0.4, 0.5) is 5.82 Å². The lowest BCUT2D eigenvalue weighted by Gasteiger charge is -2.24. The summed E-state index contributed by atoms with van der Waals surface area (Å²) in [7, 11) is 0. The molecule has 0 aliphatic rings. The van der Waals surface area contributed by atoms with Gasteiger partial charge in [-0.1, -0.05) is 41.4 Å². The first kappa shape index (κ1) is 14.3. The maximum Gasteiger partial charge on any atom is 0.150 e. The highest BCUT2D eigenvalue weighted by Crippen LogP contribution is 2.20. The van der Waals surface area contributed by atoms with Gasteiger partial charge in [-0.15, -0.1) is 0 Å². The molecule has 0 fully saturated rings. The maximum atomic E-state index is 4.79. The molecule has 0 aliphatic heterocycles. The molecule has 0 spiro atoms. The van der Waals surface area contributed by atoms with E-state index in [-0.39, 0.29) is 0 Å². The number of para-hydroxylation sites is 2. The molecule has 1 aromatic heterocycles. The van der Waals surface area contributed by atoms with Crippen LogP contribution in [0.15, 0.2) is 24.3 Å². The van der Waals surface area contributed by atoms with Crippen LogP contribution in [0.3, 0.4) is 0 Å². The number of hydrogen-bond acceptors (Lipinski definition) is 3. The van der Waals surface area contributed by atoms with Crippen LogP contribution in [0.5, 0.6) is 0 Å². The third-order valence-corrected chi connectivity index (χ3v) is 3.51. The minimum atomic E-state index is 0.949. The lowest BCUT2D eigenvalue weighted by atomic mass is 10.2. The van der Waals surface area contributed by atoms with E-state index in [1.165, 1.54) is 12.8 Å². The van der Waals surface area contributed by atoms with Crippen LogP contribution in [0, 0.1) is 6.92 Å². The van der Waals surface area contributed by atoms with Gasteiger partial charge in [0.25, 0.3) is 0 Å². The number of unbranched alkanes of at least 4 members (excludes halogenated alkanes) is 1. The maximum absolute atomic E-state index is 4.79. The molecule has 0 amide bonds. The highest BCUT2D eigenvalue weighted by atomic mass is 79.9. The molecule has 2 aromatic rings. The van der Waals surface area contributed by atoms with E-state index in [0.29, 0.717) is 0 Å². The number of aryl methyl sites for hydroxylation is 1. The quantitative estimate of drug-likeness (QED) is 0.754. The van der Waals surface area contributed by atoms with Crippen LogP contribution in [0.25, 0.3) is 11.0 Å². The van der Waals surface area contributed by atoms with Gasteiger partial charge in [0.05, 0.1) is 16.7 Å². The number of hydrogen-bond donors (Lipinski definition) is 0. The Bertz CT molecular complexity index is 542. The largest absolute Gasteiger partial charge is 0.354 e. The zero-order valence-electron chi connectivity index (χ0n) is 11.6. The molecule has 1 heterocycles. The lowest BCUT2D eigenvalue weighted by Crippen LogP contribution is -2.28. The molecule has 2 rings (SSSR count). The monoisotopic (exact) mass is 321 g/mol. The smallest absolute Gasteiger partial charge is 0.150 e. The van der Waals surface area contributed by atoms with Crippen LogP contribution in [-0.4, -0.2) is 28.4 Å². The topological polar surface area (TPSA) is 29.0 Å². The number of aromatic nitrogens is 2. The molecule has 3 nitrogen and oxygen atoms in total. The van der Waals surface area contributed by atoms with E-state index in [2.05, 4.69) is 32.7 Å². The number of benzene rings is 1. The van der Waals surface area contributed by atoms with E-state index in [4.69, 9.17) is 4.98 Å². The molecular formula is C15H20BrN3. The highest BCUT2D eigenvalue weighted by molar-refractivity contribution is 9.09. The minimum absolute atomic E-state index is 0.949. The second-order valence-corrected chi connectivity index (χ2v) is 5.44. The fourth-order valence-electron chi connectivity index (χ4n) is 2.15. The molecule has 0 bridgehead atoms. The van der Waals surface area contributed by atoms with Gasteiger partial charge >= 0.3 is 0 Å².